The van der Waals surface area contributed by atoms with Gasteiger partial charge in [-0.2, -0.15) is 0 Å². The molecule has 4 nitrogen and oxygen atoms in total. The van der Waals surface area contributed by atoms with Crippen LogP contribution in [-0.2, 0) is 9.53 Å². The van der Waals surface area contributed by atoms with E-state index >= 15 is 0 Å². The highest BCUT2D eigenvalue weighted by molar-refractivity contribution is 5.81. The second-order valence-electron chi connectivity index (χ2n) is 6.41. The number of esters is 1. The van der Waals surface area contributed by atoms with Gasteiger partial charge in [0.05, 0.1) is 6.61 Å². The molecule has 0 aromatic carbocycles. The van der Waals surface area contributed by atoms with Crippen LogP contribution in [0.5, 0.6) is 0 Å². The van der Waals surface area contributed by atoms with Crippen LogP contribution in [0, 0.1) is 0 Å². The van der Waals surface area contributed by atoms with E-state index in [-0.39, 0.29) is 5.97 Å². The number of hydrogen-bond acceptors (Lipinski definition) is 4. The Bertz CT molecular complexity index is 316. The van der Waals surface area contributed by atoms with E-state index in [1.165, 1.54) is 6.42 Å². The van der Waals surface area contributed by atoms with Gasteiger partial charge in [0.2, 0.25) is 0 Å². The fourth-order valence-corrected chi connectivity index (χ4v) is 3.68. The maximum absolute atomic E-state index is 12.5. The first kappa shape index (κ1) is 18.4. The first-order valence-electron chi connectivity index (χ1n) is 8.68. The highest BCUT2D eigenvalue weighted by atomic mass is 16.5. The third kappa shape index (κ3) is 4.68. The second-order valence-corrected chi connectivity index (χ2v) is 6.41. The van der Waals surface area contributed by atoms with Crippen molar-refractivity contribution in [1.29, 1.82) is 0 Å². The van der Waals surface area contributed by atoms with Crippen molar-refractivity contribution in [2.24, 2.45) is 0 Å². The molecule has 21 heavy (non-hydrogen) atoms. The van der Waals surface area contributed by atoms with Gasteiger partial charge in [-0.15, -0.1) is 0 Å². The zero-order valence-electron chi connectivity index (χ0n) is 14.6. The summed E-state index contributed by atoms with van der Waals surface area (Å²) in [6, 6.07) is 0.997. The molecule has 1 saturated carbocycles. The first-order chi connectivity index (χ1) is 10.0. The minimum atomic E-state index is -0.478. The molecule has 1 aliphatic rings. The Morgan fingerprint density at radius 2 is 2.10 bits per heavy atom. The van der Waals surface area contributed by atoms with Crippen molar-refractivity contribution >= 4 is 5.97 Å². The van der Waals surface area contributed by atoms with E-state index in [1.807, 2.05) is 6.92 Å². The lowest BCUT2D eigenvalue weighted by atomic mass is 9.77. The quantitative estimate of drug-likeness (QED) is 0.700. The summed E-state index contributed by atoms with van der Waals surface area (Å²) in [4.78, 5) is 15.1. The summed E-state index contributed by atoms with van der Waals surface area (Å²) in [5.74, 6) is -0.0586. The molecule has 1 N–H and O–H groups in total. The molecule has 0 saturated heterocycles. The fraction of sp³-hybridized carbons (Fsp3) is 0.941. The van der Waals surface area contributed by atoms with Gasteiger partial charge in [-0.1, -0.05) is 13.8 Å². The first-order valence-corrected chi connectivity index (χ1v) is 8.68. The van der Waals surface area contributed by atoms with Crippen molar-refractivity contribution in [3.63, 3.8) is 0 Å². The van der Waals surface area contributed by atoms with Crippen LogP contribution in [0.25, 0.3) is 0 Å². The summed E-state index contributed by atoms with van der Waals surface area (Å²) in [7, 11) is 0. The number of carbonyl (C=O) groups is 1. The molecule has 0 aromatic rings. The summed E-state index contributed by atoms with van der Waals surface area (Å²) in [5, 5.41) is 3.45. The SMILES string of the molecule is CCCN(C(C)C)C1CCCC(NCC)(C(=O)OCC)C1. The van der Waals surface area contributed by atoms with Gasteiger partial charge in [0.25, 0.3) is 0 Å². The zero-order valence-corrected chi connectivity index (χ0v) is 14.6. The molecule has 1 aliphatic carbocycles. The van der Waals surface area contributed by atoms with E-state index in [0.717, 1.165) is 38.8 Å². The largest absolute Gasteiger partial charge is 0.465 e. The third-order valence-electron chi connectivity index (χ3n) is 4.52. The minimum Gasteiger partial charge on any atom is -0.465 e. The van der Waals surface area contributed by atoms with Crippen LogP contribution in [0.15, 0.2) is 0 Å². The minimum absolute atomic E-state index is 0.0586. The number of hydrogen-bond donors (Lipinski definition) is 1. The lowest BCUT2D eigenvalue weighted by Crippen LogP contribution is -2.59. The second kappa shape index (κ2) is 8.74. The van der Waals surface area contributed by atoms with Crippen molar-refractivity contribution in [1.82, 2.24) is 10.2 Å². The van der Waals surface area contributed by atoms with E-state index in [9.17, 15) is 4.79 Å². The molecule has 2 unspecified atom stereocenters. The van der Waals surface area contributed by atoms with Crippen LogP contribution >= 0.6 is 0 Å². The molecule has 0 amide bonds. The molecule has 1 fully saturated rings. The molecule has 1 rings (SSSR count). The Kier molecular flexibility index (Phi) is 7.67. The summed E-state index contributed by atoms with van der Waals surface area (Å²) in [5.41, 5.74) is -0.478. The molecule has 4 heteroatoms. The van der Waals surface area contributed by atoms with Gasteiger partial charge in [-0.3, -0.25) is 9.69 Å². The van der Waals surface area contributed by atoms with Crippen molar-refractivity contribution in [2.45, 2.75) is 84.3 Å². The van der Waals surface area contributed by atoms with E-state index in [4.69, 9.17) is 4.74 Å². The molecule has 0 radical (unpaired) electrons. The van der Waals surface area contributed by atoms with Gasteiger partial charge in [-0.05, 0) is 66.0 Å². The van der Waals surface area contributed by atoms with Crippen LogP contribution in [0.1, 0.15) is 66.7 Å². The van der Waals surface area contributed by atoms with Gasteiger partial charge in [-0.25, -0.2) is 0 Å². The number of nitrogens with one attached hydrogen (secondary N) is 1. The van der Waals surface area contributed by atoms with Gasteiger partial charge in [0.1, 0.15) is 5.54 Å². The highest BCUT2D eigenvalue weighted by Gasteiger charge is 2.44. The normalized spacial score (nSPS) is 26.3. The number of likely N-dealkylation sites (N-methyl/N-ethyl adjacent to an activating group) is 1. The maximum Gasteiger partial charge on any atom is 0.326 e. The van der Waals surface area contributed by atoms with Crippen LogP contribution in [0.2, 0.25) is 0 Å². The molecule has 0 aliphatic heterocycles. The Morgan fingerprint density at radius 3 is 2.62 bits per heavy atom. The topological polar surface area (TPSA) is 41.6 Å². The average molecular weight is 298 g/mol. The molecule has 0 bridgehead atoms. The van der Waals surface area contributed by atoms with E-state index < -0.39 is 5.54 Å². The molecule has 124 valence electrons. The average Bonchev–Trinajstić information content (AvgIpc) is 2.45. The Labute approximate surface area is 130 Å². The number of rotatable bonds is 8. The lowest BCUT2D eigenvalue weighted by molar-refractivity contribution is -0.154. The molecule has 2 atom stereocenters. The van der Waals surface area contributed by atoms with Crippen LogP contribution in [0.3, 0.4) is 0 Å². The van der Waals surface area contributed by atoms with E-state index in [2.05, 4.69) is 37.9 Å². The highest BCUT2D eigenvalue weighted by Crippen LogP contribution is 2.33. The Hall–Kier alpha value is -0.610. The summed E-state index contributed by atoms with van der Waals surface area (Å²) in [6.07, 6.45) is 5.20. The predicted octanol–water partition coefficient (Wildman–Crippen LogP) is 2.96. The number of carbonyl (C=O) groups excluding carboxylic acids is 1. The monoisotopic (exact) mass is 298 g/mol. The van der Waals surface area contributed by atoms with E-state index in [1.54, 1.807) is 0 Å². The van der Waals surface area contributed by atoms with Crippen molar-refractivity contribution in [3.05, 3.63) is 0 Å². The van der Waals surface area contributed by atoms with Crippen LogP contribution in [-0.4, -0.2) is 48.2 Å². The standard InChI is InChI=1S/C17H34N2O2/c1-6-12-19(14(4)5)15-10-9-11-17(13-15,18-7-2)16(20)21-8-3/h14-15,18H,6-13H2,1-5H3. The molecule has 0 spiro atoms. The van der Waals surface area contributed by atoms with Gasteiger partial charge >= 0.3 is 5.97 Å². The number of nitrogens with zero attached hydrogens (tertiary/aromatic N) is 1. The van der Waals surface area contributed by atoms with Gasteiger partial charge in [0, 0.05) is 12.1 Å². The third-order valence-corrected chi connectivity index (χ3v) is 4.52. The van der Waals surface area contributed by atoms with Crippen LogP contribution in [0.4, 0.5) is 0 Å². The lowest BCUT2D eigenvalue weighted by Gasteiger charge is -2.45. The number of ether oxygens (including phenoxy) is 1. The molecular formula is C17H34N2O2. The van der Waals surface area contributed by atoms with Crippen molar-refractivity contribution in [2.75, 3.05) is 19.7 Å². The smallest absolute Gasteiger partial charge is 0.326 e. The van der Waals surface area contributed by atoms with Crippen molar-refractivity contribution in [3.8, 4) is 0 Å². The maximum atomic E-state index is 12.5. The van der Waals surface area contributed by atoms with Crippen molar-refractivity contribution < 1.29 is 9.53 Å². The van der Waals surface area contributed by atoms with Gasteiger partial charge in [0.15, 0.2) is 0 Å². The van der Waals surface area contributed by atoms with Crippen LogP contribution < -0.4 is 5.32 Å². The molecule has 0 heterocycles. The summed E-state index contributed by atoms with van der Waals surface area (Å²) in [6.45, 7) is 13.0. The zero-order chi connectivity index (χ0) is 15.9. The van der Waals surface area contributed by atoms with E-state index in [0.29, 0.717) is 18.7 Å². The molecular weight excluding hydrogens is 264 g/mol. The Balaban J connectivity index is 2.88. The summed E-state index contributed by atoms with van der Waals surface area (Å²) < 4.78 is 5.37. The Morgan fingerprint density at radius 1 is 1.38 bits per heavy atom. The summed E-state index contributed by atoms with van der Waals surface area (Å²) >= 11 is 0. The van der Waals surface area contributed by atoms with Gasteiger partial charge < -0.3 is 10.1 Å². The predicted molar refractivity (Wildman–Crippen MR) is 87.4 cm³/mol. The fourth-order valence-electron chi connectivity index (χ4n) is 3.68. The molecule has 0 aromatic heterocycles.